The molecule has 8 nitrogen and oxygen atoms in total. The number of nitro groups is 1. The highest BCUT2D eigenvalue weighted by Gasteiger charge is 2.19. The maximum atomic E-state index is 12.2. The quantitative estimate of drug-likeness (QED) is 0.123. The van der Waals surface area contributed by atoms with Gasteiger partial charge in [-0.05, 0) is 37.0 Å². The standard InChI is InChI=1S/C24H29NO7/c1-2-3-4-8-11-21(16-17-23(26)30-18-19-9-6-5-7-10-19)31-24(27)32-22-14-12-20(13-15-22)25(28)29/h5-7,9-10,12-15,21H,2-4,8,11,16-18H2,1H3/t21-/m1/s1. The van der Waals surface area contributed by atoms with E-state index in [1.54, 1.807) is 0 Å². The number of nitro benzene ring substituents is 1. The van der Waals surface area contributed by atoms with E-state index in [0.29, 0.717) is 12.8 Å². The molecule has 8 heteroatoms. The highest BCUT2D eigenvalue weighted by Crippen LogP contribution is 2.19. The van der Waals surface area contributed by atoms with Crippen molar-refractivity contribution in [3.63, 3.8) is 0 Å². The van der Waals surface area contributed by atoms with Crippen molar-refractivity contribution >= 4 is 17.8 Å². The molecule has 0 saturated carbocycles. The topological polar surface area (TPSA) is 105 Å². The number of ether oxygens (including phenoxy) is 3. The van der Waals surface area contributed by atoms with Crippen molar-refractivity contribution < 1.29 is 28.7 Å². The molecule has 2 aromatic rings. The average Bonchev–Trinajstić information content (AvgIpc) is 2.79. The number of non-ortho nitro benzene ring substituents is 1. The summed E-state index contributed by atoms with van der Waals surface area (Å²) in [5.41, 5.74) is 0.799. The van der Waals surface area contributed by atoms with Gasteiger partial charge in [-0.1, -0.05) is 56.5 Å². The van der Waals surface area contributed by atoms with Crippen molar-refractivity contribution in [3.8, 4) is 5.75 Å². The monoisotopic (exact) mass is 443 g/mol. The Morgan fingerprint density at radius 1 is 0.969 bits per heavy atom. The van der Waals surface area contributed by atoms with Gasteiger partial charge in [0, 0.05) is 18.6 Å². The predicted molar refractivity (Wildman–Crippen MR) is 118 cm³/mol. The second-order valence-corrected chi connectivity index (χ2v) is 7.38. The zero-order valence-electron chi connectivity index (χ0n) is 18.2. The number of esters is 1. The first kappa shape index (κ1) is 24.8. The fourth-order valence-corrected chi connectivity index (χ4v) is 3.04. The summed E-state index contributed by atoms with van der Waals surface area (Å²) in [5, 5.41) is 10.7. The summed E-state index contributed by atoms with van der Waals surface area (Å²) in [6.07, 6.45) is 3.71. The van der Waals surface area contributed by atoms with E-state index in [9.17, 15) is 19.7 Å². The lowest BCUT2D eigenvalue weighted by Crippen LogP contribution is -2.22. The number of hydrogen-bond acceptors (Lipinski definition) is 7. The first-order valence-electron chi connectivity index (χ1n) is 10.8. The van der Waals surface area contributed by atoms with Crippen molar-refractivity contribution in [1.82, 2.24) is 0 Å². The Morgan fingerprint density at radius 3 is 2.34 bits per heavy atom. The minimum atomic E-state index is -0.906. The second-order valence-electron chi connectivity index (χ2n) is 7.38. The lowest BCUT2D eigenvalue weighted by Gasteiger charge is -2.17. The van der Waals surface area contributed by atoms with Crippen molar-refractivity contribution in [2.24, 2.45) is 0 Å². The van der Waals surface area contributed by atoms with Gasteiger partial charge >= 0.3 is 12.1 Å². The Kier molecular flexibility index (Phi) is 10.7. The van der Waals surface area contributed by atoms with Crippen LogP contribution in [0.25, 0.3) is 0 Å². The van der Waals surface area contributed by atoms with Gasteiger partial charge in [0.05, 0.1) is 4.92 Å². The first-order valence-corrected chi connectivity index (χ1v) is 10.8. The van der Waals surface area contributed by atoms with Crippen molar-refractivity contribution in [1.29, 1.82) is 0 Å². The number of carbonyl (C=O) groups is 2. The van der Waals surface area contributed by atoms with E-state index in [0.717, 1.165) is 31.2 Å². The molecular formula is C24H29NO7. The fraction of sp³-hybridized carbons (Fsp3) is 0.417. The molecule has 0 amide bonds. The van der Waals surface area contributed by atoms with E-state index in [1.165, 1.54) is 24.3 Å². The molecule has 0 N–H and O–H groups in total. The number of carbonyl (C=O) groups excluding carboxylic acids is 2. The molecule has 1 atom stereocenters. The molecule has 172 valence electrons. The van der Waals surface area contributed by atoms with Crippen LogP contribution < -0.4 is 4.74 Å². The summed E-state index contributed by atoms with van der Waals surface area (Å²) >= 11 is 0. The maximum absolute atomic E-state index is 12.2. The van der Waals surface area contributed by atoms with Gasteiger partial charge in [0.2, 0.25) is 0 Å². The molecule has 0 spiro atoms. The smallest absolute Gasteiger partial charge is 0.461 e. The highest BCUT2D eigenvalue weighted by molar-refractivity contribution is 5.69. The van der Waals surface area contributed by atoms with E-state index < -0.39 is 17.2 Å². The van der Waals surface area contributed by atoms with Gasteiger partial charge in [0.1, 0.15) is 18.5 Å². The third-order valence-corrected chi connectivity index (χ3v) is 4.80. The lowest BCUT2D eigenvalue weighted by atomic mass is 10.1. The molecule has 0 radical (unpaired) electrons. The molecule has 0 unspecified atom stereocenters. The maximum Gasteiger partial charge on any atom is 0.514 e. The molecule has 0 heterocycles. The summed E-state index contributed by atoms with van der Waals surface area (Å²) in [6.45, 7) is 2.31. The summed E-state index contributed by atoms with van der Waals surface area (Å²) in [7, 11) is 0. The zero-order chi connectivity index (χ0) is 23.2. The number of benzene rings is 2. The molecule has 0 aliphatic heterocycles. The minimum Gasteiger partial charge on any atom is -0.461 e. The SMILES string of the molecule is CCCCCC[C@H](CCC(=O)OCc1ccccc1)OC(=O)Oc1ccc([N+](=O)[O-])cc1. The number of nitrogens with zero attached hydrogens (tertiary/aromatic N) is 1. The van der Waals surface area contributed by atoms with E-state index in [1.807, 2.05) is 30.3 Å². The van der Waals surface area contributed by atoms with Gasteiger partial charge in [0.15, 0.2) is 0 Å². The summed E-state index contributed by atoms with van der Waals surface area (Å²) in [5.74, 6) is -0.215. The van der Waals surface area contributed by atoms with Crippen LogP contribution >= 0.6 is 0 Å². The molecule has 0 aliphatic rings. The third kappa shape index (κ3) is 9.59. The Balaban J connectivity index is 1.83. The fourth-order valence-electron chi connectivity index (χ4n) is 3.04. The lowest BCUT2D eigenvalue weighted by molar-refractivity contribution is -0.384. The third-order valence-electron chi connectivity index (χ3n) is 4.80. The molecule has 2 aromatic carbocycles. The van der Waals surface area contributed by atoms with Gasteiger partial charge in [-0.15, -0.1) is 0 Å². The molecule has 0 bridgehead atoms. The second kappa shape index (κ2) is 13.8. The molecule has 32 heavy (non-hydrogen) atoms. The molecule has 2 rings (SSSR count). The Morgan fingerprint density at radius 2 is 1.69 bits per heavy atom. The number of rotatable bonds is 13. The number of unbranched alkanes of at least 4 members (excludes halogenated alkanes) is 3. The number of hydrogen-bond donors (Lipinski definition) is 0. The first-order chi connectivity index (χ1) is 15.5. The van der Waals surface area contributed by atoms with Crippen LogP contribution in [0.1, 0.15) is 57.4 Å². The average molecular weight is 443 g/mol. The minimum absolute atomic E-state index is 0.103. The van der Waals surface area contributed by atoms with Crippen molar-refractivity contribution in [3.05, 3.63) is 70.3 Å². The van der Waals surface area contributed by atoms with Crippen LogP contribution in [0.3, 0.4) is 0 Å². The molecule has 0 saturated heterocycles. The van der Waals surface area contributed by atoms with E-state index in [4.69, 9.17) is 14.2 Å². The van der Waals surface area contributed by atoms with Crippen molar-refractivity contribution in [2.45, 2.75) is 64.6 Å². The molecular weight excluding hydrogens is 414 g/mol. The molecule has 0 fully saturated rings. The van der Waals surface area contributed by atoms with Crippen LogP contribution in [-0.2, 0) is 20.9 Å². The van der Waals surface area contributed by atoms with E-state index in [2.05, 4.69) is 6.92 Å². The molecule has 0 aliphatic carbocycles. The van der Waals surface area contributed by atoms with Crippen LogP contribution in [0.15, 0.2) is 54.6 Å². The Hall–Kier alpha value is -3.42. The Bertz CT molecular complexity index is 852. The Labute approximate surface area is 187 Å². The van der Waals surface area contributed by atoms with Gasteiger partial charge in [-0.2, -0.15) is 0 Å². The van der Waals surface area contributed by atoms with Gasteiger partial charge < -0.3 is 14.2 Å². The van der Waals surface area contributed by atoms with Crippen LogP contribution in [0.4, 0.5) is 10.5 Å². The predicted octanol–water partition coefficient (Wildman–Crippen LogP) is 5.97. The largest absolute Gasteiger partial charge is 0.514 e. The summed E-state index contributed by atoms with van der Waals surface area (Å²) in [6, 6.07) is 14.5. The highest BCUT2D eigenvalue weighted by atomic mass is 16.7. The zero-order valence-corrected chi connectivity index (χ0v) is 18.2. The van der Waals surface area contributed by atoms with Gasteiger partial charge in [-0.25, -0.2) is 4.79 Å². The summed E-state index contributed by atoms with van der Waals surface area (Å²) < 4.78 is 15.8. The van der Waals surface area contributed by atoms with Crippen molar-refractivity contribution in [2.75, 3.05) is 0 Å². The van der Waals surface area contributed by atoms with E-state index >= 15 is 0 Å². The van der Waals surface area contributed by atoms with Crippen LogP contribution in [0.5, 0.6) is 5.75 Å². The van der Waals surface area contributed by atoms with Gasteiger partial charge in [0.25, 0.3) is 5.69 Å². The summed E-state index contributed by atoms with van der Waals surface area (Å²) in [4.78, 5) is 34.5. The van der Waals surface area contributed by atoms with Gasteiger partial charge in [-0.3, -0.25) is 14.9 Å². The van der Waals surface area contributed by atoms with Crippen LogP contribution in [0, 0.1) is 10.1 Å². The van der Waals surface area contributed by atoms with Crippen LogP contribution in [0.2, 0.25) is 0 Å². The van der Waals surface area contributed by atoms with Crippen LogP contribution in [-0.4, -0.2) is 23.2 Å². The van der Waals surface area contributed by atoms with E-state index in [-0.39, 0.29) is 30.4 Å². The molecule has 0 aromatic heterocycles. The normalized spacial score (nSPS) is 11.4.